The van der Waals surface area contributed by atoms with E-state index in [9.17, 15) is 15.0 Å². The molecule has 1 aliphatic heterocycles. The molecule has 4 atom stereocenters. The van der Waals surface area contributed by atoms with Gasteiger partial charge >= 0.3 is 5.97 Å². The zero-order valence-corrected chi connectivity index (χ0v) is 26.1. The molecule has 0 aromatic rings. The van der Waals surface area contributed by atoms with Crippen LogP contribution in [0.2, 0.25) is 0 Å². The van der Waals surface area contributed by atoms with Gasteiger partial charge in [-0.05, 0) is 32.1 Å². The average molecular weight is 605 g/mol. The number of hydrogen-bond donors (Lipinski definition) is 3. The fourth-order valence-electron chi connectivity index (χ4n) is 4.93. The summed E-state index contributed by atoms with van der Waals surface area (Å²) < 4.78 is 34.0. The van der Waals surface area contributed by atoms with Gasteiger partial charge in [0, 0.05) is 6.42 Å². The lowest BCUT2D eigenvalue weighted by Gasteiger charge is -2.29. The van der Waals surface area contributed by atoms with E-state index in [4.69, 9.17) is 33.5 Å². The molecule has 0 bridgehead atoms. The maximum absolute atomic E-state index is 12.1. The van der Waals surface area contributed by atoms with Gasteiger partial charge in [-0.3, -0.25) is 4.79 Å². The maximum Gasteiger partial charge on any atom is 0.305 e. The molecule has 0 spiro atoms. The van der Waals surface area contributed by atoms with Crippen molar-refractivity contribution < 1.29 is 48.5 Å². The van der Waals surface area contributed by atoms with Gasteiger partial charge in [0.1, 0.15) is 31.0 Å². The highest BCUT2D eigenvalue weighted by atomic mass is 16.6. The minimum absolute atomic E-state index is 0.0910. The van der Waals surface area contributed by atoms with Crippen molar-refractivity contribution in [2.24, 2.45) is 0 Å². The molecular weight excluding hydrogens is 544 g/mol. The van der Waals surface area contributed by atoms with E-state index < -0.39 is 24.4 Å². The lowest BCUT2D eigenvalue weighted by atomic mass is 10.1. The van der Waals surface area contributed by atoms with E-state index in [-0.39, 0.29) is 72.0 Å². The first-order chi connectivity index (χ1) is 20.7. The van der Waals surface area contributed by atoms with Crippen molar-refractivity contribution >= 4 is 5.97 Å². The van der Waals surface area contributed by atoms with Gasteiger partial charge in [0.2, 0.25) is 0 Å². The topological polar surface area (TPSA) is 133 Å². The van der Waals surface area contributed by atoms with Gasteiger partial charge in [0.15, 0.2) is 0 Å². The third-order valence-electron chi connectivity index (χ3n) is 7.17. The van der Waals surface area contributed by atoms with Crippen LogP contribution in [0.15, 0.2) is 12.2 Å². The molecule has 0 aliphatic carbocycles. The smallest absolute Gasteiger partial charge is 0.305 e. The van der Waals surface area contributed by atoms with Crippen LogP contribution in [-0.2, 0) is 33.2 Å². The van der Waals surface area contributed by atoms with E-state index in [2.05, 4.69) is 19.1 Å². The summed E-state index contributed by atoms with van der Waals surface area (Å²) in [6.07, 6.45) is 18.8. The van der Waals surface area contributed by atoms with Gasteiger partial charge in [-0.1, -0.05) is 70.4 Å². The van der Waals surface area contributed by atoms with E-state index in [0.29, 0.717) is 6.42 Å². The van der Waals surface area contributed by atoms with Gasteiger partial charge < -0.3 is 43.7 Å². The quantitative estimate of drug-likeness (QED) is 0.0625. The first kappa shape index (κ1) is 38.9. The average Bonchev–Trinajstić information content (AvgIpc) is 3.40. The molecule has 248 valence electrons. The fraction of sp³-hybridized carbons (Fsp3) is 0.906. The van der Waals surface area contributed by atoms with Crippen LogP contribution in [0.4, 0.5) is 0 Å². The Hall–Kier alpha value is -1.11. The Bertz CT molecular complexity index is 632. The SMILES string of the molecule is CCCCCCCC/C=C\CCCCCCCC(=O)OCCOC[C@H](OCCO)[C@@H]1OC[C@@H](OCCO)[C@H]1OCCO. The highest BCUT2D eigenvalue weighted by molar-refractivity contribution is 5.69. The Morgan fingerprint density at radius 3 is 2.07 bits per heavy atom. The van der Waals surface area contributed by atoms with Crippen molar-refractivity contribution in [3.63, 3.8) is 0 Å². The summed E-state index contributed by atoms with van der Waals surface area (Å²) in [5.41, 5.74) is 0. The predicted molar refractivity (Wildman–Crippen MR) is 161 cm³/mol. The van der Waals surface area contributed by atoms with Crippen LogP contribution < -0.4 is 0 Å². The number of rotatable bonds is 30. The highest BCUT2D eigenvalue weighted by Gasteiger charge is 2.44. The number of aliphatic hydroxyl groups excluding tert-OH is 3. The van der Waals surface area contributed by atoms with E-state index in [1.807, 2.05) is 0 Å². The first-order valence-electron chi connectivity index (χ1n) is 16.3. The van der Waals surface area contributed by atoms with Crippen molar-refractivity contribution in [1.29, 1.82) is 0 Å². The normalized spacial score (nSPS) is 19.6. The maximum atomic E-state index is 12.1. The molecule has 0 unspecified atom stereocenters. The third-order valence-corrected chi connectivity index (χ3v) is 7.17. The zero-order chi connectivity index (χ0) is 30.5. The molecule has 0 aromatic heterocycles. The van der Waals surface area contributed by atoms with Crippen LogP contribution in [-0.4, -0.2) is 112 Å². The molecule has 0 radical (unpaired) electrons. The zero-order valence-electron chi connectivity index (χ0n) is 26.1. The van der Waals surface area contributed by atoms with Gasteiger partial charge in [0.05, 0.1) is 59.5 Å². The van der Waals surface area contributed by atoms with Gasteiger partial charge in [-0.2, -0.15) is 0 Å². The standard InChI is InChI=1S/C32H60O10/c1-2-3-4-5-6-7-8-9-10-11-12-13-14-15-16-17-30(36)40-25-24-37-26-28(38-21-18-33)32-31(41-23-20-35)29(27-42-32)39-22-19-34/h9-10,28-29,31-35H,2-8,11-27H2,1H3/b10-9-/t28-,29+,31+,32-/m0/s1. The minimum Gasteiger partial charge on any atom is -0.463 e. The number of esters is 1. The molecule has 10 heteroatoms. The predicted octanol–water partition coefficient (Wildman–Crippen LogP) is 4.12. The van der Waals surface area contributed by atoms with Gasteiger partial charge in [-0.25, -0.2) is 0 Å². The first-order valence-corrected chi connectivity index (χ1v) is 16.3. The lowest BCUT2D eigenvalue weighted by Crippen LogP contribution is -2.45. The van der Waals surface area contributed by atoms with Crippen LogP contribution in [0.3, 0.4) is 0 Å². The van der Waals surface area contributed by atoms with Crippen LogP contribution in [0.25, 0.3) is 0 Å². The summed E-state index contributed by atoms with van der Waals surface area (Å²) in [5, 5.41) is 27.5. The third kappa shape index (κ3) is 20.0. The Morgan fingerprint density at radius 1 is 0.786 bits per heavy atom. The van der Waals surface area contributed by atoms with E-state index in [1.165, 1.54) is 57.8 Å². The summed E-state index contributed by atoms with van der Waals surface area (Å²) in [6, 6.07) is 0. The van der Waals surface area contributed by atoms with Crippen molar-refractivity contribution in [2.75, 3.05) is 66.1 Å². The second-order valence-corrected chi connectivity index (χ2v) is 10.8. The molecule has 3 N–H and O–H groups in total. The van der Waals surface area contributed by atoms with Crippen molar-refractivity contribution in [1.82, 2.24) is 0 Å². The number of allylic oxidation sites excluding steroid dienone is 2. The molecule has 0 amide bonds. The van der Waals surface area contributed by atoms with Crippen molar-refractivity contribution in [2.45, 2.75) is 121 Å². The Morgan fingerprint density at radius 2 is 1.40 bits per heavy atom. The van der Waals surface area contributed by atoms with Crippen molar-refractivity contribution in [3.8, 4) is 0 Å². The molecule has 1 fully saturated rings. The summed E-state index contributed by atoms with van der Waals surface area (Å²) in [4.78, 5) is 12.1. The van der Waals surface area contributed by atoms with Crippen LogP contribution in [0.1, 0.15) is 96.8 Å². The summed E-state index contributed by atoms with van der Waals surface area (Å²) in [5.74, 6) is -0.218. The number of unbranched alkanes of at least 4 members (excludes halogenated alkanes) is 11. The summed E-state index contributed by atoms with van der Waals surface area (Å²) in [7, 11) is 0. The molecular formula is C32H60O10. The second kappa shape index (κ2) is 28.6. The number of carbonyl (C=O) groups is 1. The summed E-state index contributed by atoms with van der Waals surface area (Å²) in [6.45, 7) is 2.87. The molecule has 1 saturated heterocycles. The summed E-state index contributed by atoms with van der Waals surface area (Å²) >= 11 is 0. The minimum atomic E-state index is -0.560. The molecule has 1 aliphatic rings. The van der Waals surface area contributed by atoms with Crippen molar-refractivity contribution in [3.05, 3.63) is 12.2 Å². The lowest BCUT2D eigenvalue weighted by molar-refractivity contribution is -0.149. The number of aliphatic hydroxyl groups is 3. The Kier molecular flexibility index (Phi) is 26.5. The largest absolute Gasteiger partial charge is 0.463 e. The van der Waals surface area contributed by atoms with Crippen LogP contribution >= 0.6 is 0 Å². The number of carbonyl (C=O) groups excluding carboxylic acids is 1. The molecule has 1 heterocycles. The highest BCUT2D eigenvalue weighted by Crippen LogP contribution is 2.25. The Balaban J connectivity index is 2.13. The monoisotopic (exact) mass is 604 g/mol. The number of hydrogen-bond acceptors (Lipinski definition) is 10. The molecule has 0 saturated carbocycles. The van der Waals surface area contributed by atoms with E-state index in [1.54, 1.807) is 0 Å². The molecule has 10 nitrogen and oxygen atoms in total. The fourth-order valence-corrected chi connectivity index (χ4v) is 4.93. The van der Waals surface area contributed by atoms with Crippen LogP contribution in [0, 0.1) is 0 Å². The van der Waals surface area contributed by atoms with Gasteiger partial charge in [0.25, 0.3) is 0 Å². The number of ether oxygens (including phenoxy) is 6. The molecule has 1 rings (SSSR count). The van der Waals surface area contributed by atoms with Gasteiger partial charge in [-0.15, -0.1) is 0 Å². The van der Waals surface area contributed by atoms with E-state index >= 15 is 0 Å². The molecule has 0 aromatic carbocycles. The van der Waals surface area contributed by atoms with Crippen LogP contribution in [0.5, 0.6) is 0 Å². The molecule has 42 heavy (non-hydrogen) atoms. The second-order valence-electron chi connectivity index (χ2n) is 10.8. The van der Waals surface area contributed by atoms with E-state index in [0.717, 1.165) is 25.7 Å². The Labute approximate surface area is 254 Å².